The molecule has 3 heterocycles. The molecular formula is C21H20ClFN4O. The lowest BCUT2D eigenvalue weighted by Gasteiger charge is -2.25. The first-order valence-electron chi connectivity index (χ1n) is 9.21. The Morgan fingerprint density at radius 2 is 2.18 bits per heavy atom. The van der Waals surface area contributed by atoms with Crippen LogP contribution in [0.25, 0.3) is 0 Å². The smallest absolute Gasteiger partial charge is 0.254 e. The Hall–Kier alpha value is -2.73. The van der Waals surface area contributed by atoms with Gasteiger partial charge in [0.2, 0.25) is 0 Å². The Labute approximate surface area is 167 Å². The fraction of sp³-hybridized carbons (Fsp3) is 0.286. The molecule has 0 N–H and O–H groups in total. The molecule has 1 fully saturated rings. The number of imidazole rings is 1. The summed E-state index contributed by atoms with van der Waals surface area (Å²) >= 11 is 5.87. The number of pyridine rings is 1. The second-order valence-electron chi connectivity index (χ2n) is 6.99. The van der Waals surface area contributed by atoms with Gasteiger partial charge < -0.3 is 9.47 Å². The fourth-order valence-electron chi connectivity index (χ4n) is 3.70. The van der Waals surface area contributed by atoms with Crippen LogP contribution < -0.4 is 0 Å². The molecule has 1 unspecified atom stereocenters. The maximum atomic E-state index is 13.5. The fourth-order valence-corrected chi connectivity index (χ4v) is 3.88. The normalized spacial score (nSPS) is 16.5. The number of halogens is 2. The van der Waals surface area contributed by atoms with Crippen molar-refractivity contribution in [2.75, 3.05) is 6.54 Å². The summed E-state index contributed by atoms with van der Waals surface area (Å²) < 4.78 is 15.6. The van der Waals surface area contributed by atoms with Gasteiger partial charge in [-0.1, -0.05) is 17.7 Å². The number of benzene rings is 1. The number of amides is 1. The standard InChI is InChI=1S/C21H20ClFN4O/c1-14-11-25-20(27(14)13-15-4-2-8-24-12-15)19-5-3-9-26(19)21(28)16-6-7-18(23)17(22)10-16/h2,4,6-8,10-12,19H,3,5,9,13H2,1H3. The van der Waals surface area contributed by atoms with Crippen molar-refractivity contribution in [3.63, 3.8) is 0 Å². The maximum Gasteiger partial charge on any atom is 0.254 e. The van der Waals surface area contributed by atoms with E-state index in [4.69, 9.17) is 11.6 Å². The van der Waals surface area contributed by atoms with Gasteiger partial charge in [-0.3, -0.25) is 9.78 Å². The third kappa shape index (κ3) is 3.52. The van der Waals surface area contributed by atoms with Gasteiger partial charge in [0, 0.05) is 36.4 Å². The minimum atomic E-state index is -0.529. The first kappa shape index (κ1) is 18.6. The van der Waals surface area contributed by atoms with Crippen molar-refractivity contribution in [1.82, 2.24) is 19.4 Å². The Morgan fingerprint density at radius 1 is 1.32 bits per heavy atom. The summed E-state index contributed by atoms with van der Waals surface area (Å²) in [6.07, 6.45) is 7.15. The number of carbonyl (C=O) groups is 1. The van der Waals surface area contributed by atoms with Crippen LogP contribution in [-0.2, 0) is 6.54 Å². The van der Waals surface area contributed by atoms with E-state index in [-0.39, 0.29) is 17.0 Å². The zero-order valence-corrected chi connectivity index (χ0v) is 16.2. The van der Waals surface area contributed by atoms with Crippen LogP contribution in [0, 0.1) is 12.7 Å². The predicted molar refractivity (Wildman–Crippen MR) is 105 cm³/mol. The number of hydrogen-bond acceptors (Lipinski definition) is 3. The molecule has 1 amide bonds. The van der Waals surface area contributed by atoms with E-state index in [0.717, 1.165) is 29.9 Å². The lowest BCUT2D eigenvalue weighted by molar-refractivity contribution is 0.0727. The zero-order chi connectivity index (χ0) is 19.7. The van der Waals surface area contributed by atoms with Crippen LogP contribution in [0.15, 0.2) is 48.9 Å². The SMILES string of the molecule is Cc1cnc(C2CCCN2C(=O)c2ccc(F)c(Cl)c2)n1Cc1cccnc1. The predicted octanol–water partition coefficient (Wildman–Crippen LogP) is 4.40. The molecule has 3 aromatic rings. The van der Waals surface area contributed by atoms with Gasteiger partial charge in [0.1, 0.15) is 11.6 Å². The van der Waals surface area contributed by atoms with Gasteiger partial charge in [0.05, 0.1) is 17.6 Å². The van der Waals surface area contributed by atoms with Crippen molar-refractivity contribution in [2.45, 2.75) is 32.4 Å². The van der Waals surface area contributed by atoms with Crippen molar-refractivity contribution in [1.29, 1.82) is 0 Å². The second kappa shape index (κ2) is 7.72. The molecule has 0 spiro atoms. The van der Waals surface area contributed by atoms with E-state index >= 15 is 0 Å². The highest BCUT2D eigenvalue weighted by atomic mass is 35.5. The van der Waals surface area contributed by atoms with Crippen LogP contribution in [0.3, 0.4) is 0 Å². The highest BCUT2D eigenvalue weighted by Crippen LogP contribution is 2.33. The van der Waals surface area contributed by atoms with E-state index in [0.29, 0.717) is 18.7 Å². The molecule has 28 heavy (non-hydrogen) atoms. The van der Waals surface area contributed by atoms with Gasteiger partial charge in [0.15, 0.2) is 0 Å². The Balaban J connectivity index is 1.63. The average molecular weight is 399 g/mol. The van der Waals surface area contributed by atoms with E-state index in [9.17, 15) is 9.18 Å². The quantitative estimate of drug-likeness (QED) is 0.654. The molecule has 7 heteroatoms. The monoisotopic (exact) mass is 398 g/mol. The van der Waals surface area contributed by atoms with Crippen molar-refractivity contribution >= 4 is 17.5 Å². The summed E-state index contributed by atoms with van der Waals surface area (Å²) in [4.78, 5) is 23.7. The van der Waals surface area contributed by atoms with Crippen LogP contribution in [0.2, 0.25) is 5.02 Å². The van der Waals surface area contributed by atoms with E-state index in [1.165, 1.54) is 18.2 Å². The van der Waals surface area contributed by atoms with Crippen molar-refractivity contribution in [3.05, 3.63) is 82.4 Å². The minimum absolute atomic E-state index is 0.0458. The highest BCUT2D eigenvalue weighted by Gasteiger charge is 2.34. The summed E-state index contributed by atoms with van der Waals surface area (Å²) in [5.74, 6) is 0.178. The topological polar surface area (TPSA) is 51.0 Å². The Morgan fingerprint density at radius 3 is 2.93 bits per heavy atom. The van der Waals surface area contributed by atoms with Crippen LogP contribution in [-0.4, -0.2) is 31.9 Å². The first-order chi connectivity index (χ1) is 13.5. The third-order valence-electron chi connectivity index (χ3n) is 5.13. The number of carbonyl (C=O) groups excluding carboxylic acids is 1. The molecule has 2 aromatic heterocycles. The summed E-state index contributed by atoms with van der Waals surface area (Å²) in [5.41, 5.74) is 2.49. The summed E-state index contributed by atoms with van der Waals surface area (Å²) in [5, 5.41) is -0.0458. The molecule has 1 aromatic carbocycles. The number of likely N-dealkylation sites (tertiary alicyclic amines) is 1. The van der Waals surface area contributed by atoms with Crippen molar-refractivity contribution in [3.8, 4) is 0 Å². The molecule has 4 rings (SSSR count). The minimum Gasteiger partial charge on any atom is -0.328 e. The molecule has 1 aliphatic rings. The number of hydrogen-bond donors (Lipinski definition) is 0. The summed E-state index contributed by atoms with van der Waals surface area (Å²) in [6, 6.07) is 7.91. The number of rotatable bonds is 4. The van der Waals surface area contributed by atoms with Gasteiger partial charge in [-0.25, -0.2) is 9.37 Å². The van der Waals surface area contributed by atoms with Gasteiger partial charge in [-0.2, -0.15) is 0 Å². The molecule has 1 saturated heterocycles. The van der Waals surface area contributed by atoms with Crippen molar-refractivity contribution in [2.24, 2.45) is 0 Å². The molecule has 144 valence electrons. The molecule has 1 aliphatic heterocycles. The lowest BCUT2D eigenvalue weighted by Crippen LogP contribution is -2.32. The lowest BCUT2D eigenvalue weighted by atomic mass is 10.1. The first-order valence-corrected chi connectivity index (χ1v) is 9.59. The maximum absolute atomic E-state index is 13.5. The summed E-state index contributed by atoms with van der Waals surface area (Å²) in [6.45, 7) is 3.29. The van der Waals surface area contributed by atoms with E-state index in [1.807, 2.05) is 36.4 Å². The van der Waals surface area contributed by atoms with Gasteiger partial charge >= 0.3 is 0 Å². The number of aryl methyl sites for hydroxylation is 1. The average Bonchev–Trinajstić information content (AvgIpc) is 3.31. The summed E-state index contributed by atoms with van der Waals surface area (Å²) in [7, 11) is 0. The van der Waals surface area contributed by atoms with Crippen molar-refractivity contribution < 1.29 is 9.18 Å². The third-order valence-corrected chi connectivity index (χ3v) is 5.42. The molecule has 0 saturated carbocycles. The van der Waals surface area contributed by atoms with Gasteiger partial charge in [0.25, 0.3) is 5.91 Å². The number of aromatic nitrogens is 3. The number of nitrogens with zero attached hydrogens (tertiary/aromatic N) is 4. The van der Waals surface area contributed by atoms with E-state index in [1.54, 1.807) is 6.20 Å². The van der Waals surface area contributed by atoms with Crippen LogP contribution in [0.5, 0.6) is 0 Å². The van der Waals surface area contributed by atoms with Crippen LogP contribution in [0.4, 0.5) is 4.39 Å². The highest BCUT2D eigenvalue weighted by molar-refractivity contribution is 6.31. The van der Waals surface area contributed by atoms with Crippen LogP contribution >= 0.6 is 11.6 Å². The van der Waals surface area contributed by atoms with E-state index in [2.05, 4.69) is 14.5 Å². The molecule has 0 aliphatic carbocycles. The molecule has 1 atom stereocenters. The van der Waals surface area contributed by atoms with Crippen LogP contribution in [0.1, 0.15) is 46.3 Å². The second-order valence-corrected chi connectivity index (χ2v) is 7.40. The Kier molecular flexibility index (Phi) is 5.13. The Bertz CT molecular complexity index is 1000. The molecular weight excluding hydrogens is 379 g/mol. The molecule has 5 nitrogen and oxygen atoms in total. The molecule has 0 bridgehead atoms. The van der Waals surface area contributed by atoms with E-state index < -0.39 is 5.82 Å². The van der Waals surface area contributed by atoms with Gasteiger partial charge in [-0.15, -0.1) is 0 Å². The van der Waals surface area contributed by atoms with Gasteiger partial charge in [-0.05, 0) is 49.6 Å². The largest absolute Gasteiger partial charge is 0.328 e. The molecule has 0 radical (unpaired) electrons. The zero-order valence-electron chi connectivity index (χ0n) is 15.5.